The number of fused-ring (bicyclic) bond motifs is 2. The highest BCUT2D eigenvalue weighted by Gasteiger charge is 2.30. The first-order valence-electron chi connectivity index (χ1n) is 25.2. The minimum Gasteiger partial charge on any atom is -0.492 e. The third-order valence-corrected chi connectivity index (χ3v) is 14.9. The van der Waals surface area contributed by atoms with Gasteiger partial charge in [-0.05, 0) is 109 Å². The molecule has 396 valence electrons. The second kappa shape index (κ2) is 24.8. The Morgan fingerprint density at radius 3 is 2.25 bits per heavy atom. The molecule has 7 rings (SSSR count). The fraction of sp³-hybridized carbons (Fsp3) is 0.491. The first-order chi connectivity index (χ1) is 34.6. The molecule has 0 saturated carbocycles. The monoisotopic (exact) mass is 1040 g/mol. The fourth-order valence-electron chi connectivity index (χ4n) is 7.75. The van der Waals surface area contributed by atoms with E-state index < -0.39 is 27.1 Å². The second-order valence-electron chi connectivity index (χ2n) is 20.2. The lowest BCUT2D eigenvalue weighted by Gasteiger charge is -2.22. The SMILES string of the molecule is CCCCOc1ccc(CC)cc1S(=O)(=O)CCCc1nnc2cc(C(C)C)[nH]n12.Cc1ccc(C(C)(C)C)cc1OS(=O)NC(c1nnc2c(Oc3ccc(C(=O)NCCO)cc3)c(C(C)C)[nH]n12)C(C)C. The summed E-state index contributed by atoms with van der Waals surface area (Å²) in [6, 6.07) is 19.7. The molecule has 7 aromatic rings. The molecule has 18 nitrogen and oxygen atoms in total. The van der Waals surface area contributed by atoms with E-state index in [1.54, 1.807) is 40.9 Å². The van der Waals surface area contributed by atoms with Crippen molar-refractivity contribution in [2.45, 2.75) is 143 Å². The maximum atomic E-state index is 13.3. The molecule has 2 unspecified atom stereocenters. The molecule has 0 aliphatic heterocycles. The van der Waals surface area contributed by atoms with Gasteiger partial charge in [0.25, 0.3) is 17.2 Å². The van der Waals surface area contributed by atoms with Crippen LogP contribution < -0.4 is 23.7 Å². The van der Waals surface area contributed by atoms with Gasteiger partial charge in [-0.1, -0.05) is 101 Å². The van der Waals surface area contributed by atoms with Crippen LogP contribution >= 0.6 is 0 Å². The van der Waals surface area contributed by atoms with Crippen molar-refractivity contribution >= 4 is 38.3 Å². The second-order valence-corrected chi connectivity index (χ2v) is 23.1. The third kappa shape index (κ3) is 14.2. The zero-order valence-corrected chi connectivity index (χ0v) is 46.0. The van der Waals surface area contributed by atoms with Crippen molar-refractivity contribution in [1.82, 2.24) is 49.7 Å². The molecule has 4 heterocycles. The maximum absolute atomic E-state index is 13.3. The van der Waals surface area contributed by atoms with Crippen molar-refractivity contribution in [2.24, 2.45) is 5.92 Å². The number of sulfone groups is 1. The molecule has 1 amide bonds. The molecule has 0 aliphatic rings. The minimum atomic E-state index is -3.47. The molecule has 0 bridgehead atoms. The van der Waals surface area contributed by atoms with Crippen LogP contribution in [0.5, 0.6) is 23.0 Å². The Kier molecular flexibility index (Phi) is 19.1. The summed E-state index contributed by atoms with van der Waals surface area (Å²) < 4.78 is 64.1. The third-order valence-electron chi connectivity index (χ3n) is 12.3. The number of aromatic amines is 2. The molecule has 0 saturated heterocycles. The zero-order valence-electron chi connectivity index (χ0n) is 44.3. The van der Waals surface area contributed by atoms with E-state index in [4.69, 9.17) is 18.8 Å². The summed E-state index contributed by atoms with van der Waals surface area (Å²) in [6.45, 7) is 25.3. The van der Waals surface area contributed by atoms with Crippen LogP contribution in [0.3, 0.4) is 0 Å². The zero-order chi connectivity index (χ0) is 53.2. The number of aryl methyl sites for hydroxylation is 3. The van der Waals surface area contributed by atoms with Crippen LogP contribution in [0.2, 0.25) is 0 Å². The summed E-state index contributed by atoms with van der Waals surface area (Å²) in [7, 11) is -3.47. The Balaban J connectivity index is 0.000000254. The lowest BCUT2D eigenvalue weighted by atomic mass is 9.86. The molecule has 73 heavy (non-hydrogen) atoms. The summed E-state index contributed by atoms with van der Waals surface area (Å²) in [6.07, 6.45) is 3.66. The highest BCUT2D eigenvalue weighted by molar-refractivity contribution is 7.91. The number of carbonyl (C=O) groups is 1. The van der Waals surface area contributed by atoms with Gasteiger partial charge < -0.3 is 24.1 Å². The van der Waals surface area contributed by atoms with Crippen molar-refractivity contribution in [3.8, 4) is 23.0 Å². The van der Waals surface area contributed by atoms with Gasteiger partial charge in [0.15, 0.2) is 32.9 Å². The summed E-state index contributed by atoms with van der Waals surface area (Å²) >= 11 is -1.86. The quantitative estimate of drug-likeness (QED) is 0.0377. The highest BCUT2D eigenvalue weighted by Crippen LogP contribution is 2.36. The van der Waals surface area contributed by atoms with Gasteiger partial charge in [-0.3, -0.25) is 15.0 Å². The van der Waals surface area contributed by atoms with Gasteiger partial charge >= 0.3 is 0 Å². The standard InChI is InChI=1S/C31H42N6O5S.C22H32N4O3S/c1-18(2)25-27(41-23-13-10-21(11-14-23)30(39)32-15-16-38)29-34-33-28(37(29)35-25)26(19(3)4)36-43(40)42-24-17-22(31(6,7)8)12-9-20(24)5;1-5-7-12-29-19-11-10-17(6-2)14-20(19)30(27,28)13-8-9-21-23-24-22-15-18(16(3)4)25-26(21)22/h9-14,17-19,26,35-36,38H,15-16H2,1-8H3,(H,32,39);10-11,14-16,25H,5-9,12-13H2,1-4H3. The van der Waals surface area contributed by atoms with Crippen molar-refractivity contribution in [2.75, 3.05) is 25.5 Å². The molecule has 4 aromatic heterocycles. The van der Waals surface area contributed by atoms with Gasteiger partial charge in [0.1, 0.15) is 22.1 Å². The largest absolute Gasteiger partial charge is 0.492 e. The molecule has 0 radical (unpaired) electrons. The van der Waals surface area contributed by atoms with E-state index in [1.807, 2.05) is 70.3 Å². The average Bonchev–Trinajstić information content (AvgIpc) is 4.14. The predicted octanol–water partition coefficient (Wildman–Crippen LogP) is 9.57. The summed E-state index contributed by atoms with van der Waals surface area (Å²) in [5, 5.41) is 35.5. The van der Waals surface area contributed by atoms with Crippen LogP contribution in [-0.4, -0.2) is 88.8 Å². The number of carbonyl (C=O) groups excluding carboxylic acids is 1. The molecule has 0 fully saturated rings. The van der Waals surface area contributed by atoms with E-state index in [9.17, 15) is 17.4 Å². The summed E-state index contributed by atoms with van der Waals surface area (Å²) in [4.78, 5) is 12.5. The number of aliphatic hydroxyl groups excluding tert-OH is 1. The van der Waals surface area contributed by atoms with Crippen molar-refractivity contribution in [3.05, 3.63) is 112 Å². The van der Waals surface area contributed by atoms with E-state index in [1.165, 1.54) is 0 Å². The number of unbranched alkanes of at least 4 members (excludes halogenated alkanes) is 1. The van der Waals surface area contributed by atoms with Gasteiger partial charge in [0, 0.05) is 30.3 Å². The number of hydrogen-bond acceptors (Lipinski definition) is 12. The topological polar surface area (TPSA) is 232 Å². The summed E-state index contributed by atoms with van der Waals surface area (Å²) in [5.74, 6) is 3.50. The molecule has 0 aliphatic carbocycles. The molecular weight excluding hydrogens is 969 g/mol. The molecule has 0 spiro atoms. The lowest BCUT2D eigenvalue weighted by molar-refractivity contribution is 0.0944. The number of aromatic nitrogens is 8. The number of aliphatic hydroxyl groups is 1. The van der Waals surface area contributed by atoms with E-state index in [2.05, 4.69) is 88.2 Å². The molecule has 20 heteroatoms. The summed E-state index contributed by atoms with van der Waals surface area (Å²) in [5.41, 5.74) is 6.48. The van der Waals surface area contributed by atoms with Crippen LogP contribution in [0, 0.1) is 12.8 Å². The van der Waals surface area contributed by atoms with Crippen molar-refractivity contribution < 1.29 is 36.2 Å². The van der Waals surface area contributed by atoms with Crippen LogP contribution in [0.15, 0.2) is 71.6 Å². The van der Waals surface area contributed by atoms with Crippen LogP contribution in [0.1, 0.15) is 163 Å². The minimum absolute atomic E-state index is 0.0124. The van der Waals surface area contributed by atoms with E-state index in [0.717, 1.165) is 58.8 Å². The highest BCUT2D eigenvalue weighted by atomic mass is 32.2. The first kappa shape index (κ1) is 56.2. The Hall–Kier alpha value is -6.09. The van der Waals surface area contributed by atoms with Crippen molar-refractivity contribution in [1.29, 1.82) is 0 Å². The molecule has 5 N–H and O–H groups in total. The van der Waals surface area contributed by atoms with Gasteiger partial charge in [-0.25, -0.2) is 17.4 Å². The number of H-pyrrole nitrogens is 2. The molecule has 2 atom stereocenters. The number of hydrogen-bond donors (Lipinski definition) is 5. The maximum Gasteiger partial charge on any atom is 0.288 e. The number of nitrogens with one attached hydrogen (secondary N) is 4. The molecule has 3 aromatic carbocycles. The Morgan fingerprint density at radius 2 is 1.60 bits per heavy atom. The van der Waals surface area contributed by atoms with Crippen LogP contribution in [0.25, 0.3) is 11.3 Å². The van der Waals surface area contributed by atoms with Crippen LogP contribution in [-0.2, 0) is 39.4 Å². The molecular formula is C53H74N10O8S2. The van der Waals surface area contributed by atoms with Gasteiger partial charge in [-0.2, -0.15) is 8.93 Å². The van der Waals surface area contributed by atoms with E-state index >= 15 is 0 Å². The Labute approximate surface area is 432 Å². The Bertz CT molecular complexity index is 3070. The fourth-order valence-corrected chi connectivity index (χ4v) is 10.2. The smallest absolute Gasteiger partial charge is 0.288 e. The van der Waals surface area contributed by atoms with Crippen LogP contribution in [0.4, 0.5) is 0 Å². The average molecular weight is 1040 g/mol. The normalized spacial score (nSPS) is 12.9. The number of benzene rings is 3. The van der Waals surface area contributed by atoms with Gasteiger partial charge in [0.05, 0.1) is 30.7 Å². The Morgan fingerprint density at radius 1 is 0.863 bits per heavy atom. The number of ether oxygens (including phenoxy) is 2. The number of amides is 1. The van der Waals surface area contributed by atoms with Gasteiger partial charge in [-0.15, -0.1) is 20.4 Å². The van der Waals surface area contributed by atoms with E-state index in [0.29, 0.717) is 70.3 Å². The first-order valence-corrected chi connectivity index (χ1v) is 27.9. The van der Waals surface area contributed by atoms with Gasteiger partial charge in [0.2, 0.25) is 5.65 Å². The predicted molar refractivity (Wildman–Crippen MR) is 285 cm³/mol. The number of rotatable bonds is 23. The van der Waals surface area contributed by atoms with E-state index in [-0.39, 0.29) is 42.1 Å². The van der Waals surface area contributed by atoms with Crippen molar-refractivity contribution in [3.63, 3.8) is 0 Å². The number of nitrogens with zero attached hydrogens (tertiary/aromatic N) is 6. The lowest BCUT2D eigenvalue weighted by Crippen LogP contribution is -2.32.